The molecule has 116 valence electrons. The minimum absolute atomic E-state index is 0.129. The Kier molecular flexibility index (Phi) is 4.65. The number of nitrogens with one attached hydrogen (secondary N) is 1. The summed E-state index contributed by atoms with van der Waals surface area (Å²) in [4.78, 5) is 16.2. The number of carbonyl (C=O) groups is 1. The maximum atomic E-state index is 12.0. The molecule has 0 atom stereocenters. The first kappa shape index (κ1) is 15.6. The van der Waals surface area contributed by atoms with Crippen LogP contribution in [0.5, 0.6) is 5.75 Å². The third-order valence-corrected chi connectivity index (χ3v) is 3.75. The molecule has 6 heteroatoms. The molecule has 0 aliphatic rings. The molecule has 0 radical (unpaired) electrons. The van der Waals surface area contributed by atoms with E-state index in [1.165, 1.54) is 0 Å². The van der Waals surface area contributed by atoms with Crippen LogP contribution < -0.4 is 10.1 Å². The maximum absolute atomic E-state index is 12.0. The highest BCUT2D eigenvalue weighted by Gasteiger charge is 2.09. The van der Waals surface area contributed by atoms with Crippen molar-refractivity contribution in [1.82, 2.24) is 4.98 Å². The van der Waals surface area contributed by atoms with Crippen LogP contribution in [0.4, 0.5) is 5.69 Å². The lowest BCUT2D eigenvalue weighted by Crippen LogP contribution is -2.20. The number of fused-ring (bicyclic) bond motifs is 1. The zero-order valence-corrected chi connectivity index (χ0v) is 13.4. The Labute approximate surface area is 143 Å². The number of hydrogen-bond acceptors (Lipinski definition) is 3. The van der Waals surface area contributed by atoms with Crippen LogP contribution in [0.3, 0.4) is 0 Å². The van der Waals surface area contributed by atoms with E-state index in [-0.39, 0.29) is 12.5 Å². The summed E-state index contributed by atoms with van der Waals surface area (Å²) in [6.45, 7) is -0.129. The number of nitrogens with zero attached hydrogens (tertiary/aromatic N) is 1. The van der Waals surface area contributed by atoms with Gasteiger partial charge in [-0.25, -0.2) is 0 Å². The third kappa shape index (κ3) is 3.73. The maximum Gasteiger partial charge on any atom is 0.262 e. The fraction of sp³-hybridized carbons (Fsp3) is 0.0588. The van der Waals surface area contributed by atoms with E-state index in [2.05, 4.69) is 10.3 Å². The number of halogens is 2. The number of anilines is 1. The van der Waals surface area contributed by atoms with Crippen LogP contribution in [0, 0.1) is 0 Å². The van der Waals surface area contributed by atoms with Crippen LogP contribution in [0.15, 0.2) is 54.7 Å². The van der Waals surface area contributed by atoms with Crippen molar-refractivity contribution < 1.29 is 9.53 Å². The number of benzene rings is 2. The third-order valence-electron chi connectivity index (χ3n) is 3.17. The molecule has 0 aliphatic carbocycles. The second-order valence-electron chi connectivity index (χ2n) is 4.79. The van der Waals surface area contributed by atoms with Gasteiger partial charge in [0.05, 0.1) is 5.02 Å². The standard InChI is InChI=1S/C17H12Cl2N2O2/c18-11-3-5-12(6-4-11)21-16(22)10-23-15-8-7-14(19)13-2-1-9-20-17(13)15/h1-9H,10H2,(H,21,22). The highest BCUT2D eigenvalue weighted by atomic mass is 35.5. The summed E-state index contributed by atoms with van der Waals surface area (Å²) >= 11 is 11.9. The lowest BCUT2D eigenvalue weighted by Gasteiger charge is -2.10. The van der Waals surface area contributed by atoms with Crippen molar-refractivity contribution in [3.8, 4) is 5.75 Å². The summed E-state index contributed by atoms with van der Waals surface area (Å²) in [6, 6.07) is 13.9. The van der Waals surface area contributed by atoms with Crippen molar-refractivity contribution in [3.63, 3.8) is 0 Å². The van der Waals surface area contributed by atoms with Gasteiger partial charge in [0.25, 0.3) is 5.91 Å². The highest BCUT2D eigenvalue weighted by molar-refractivity contribution is 6.35. The number of ether oxygens (including phenoxy) is 1. The Hall–Kier alpha value is -2.30. The minimum Gasteiger partial charge on any atom is -0.481 e. The summed E-state index contributed by atoms with van der Waals surface area (Å²) in [5.74, 6) is 0.239. The summed E-state index contributed by atoms with van der Waals surface area (Å²) in [7, 11) is 0. The van der Waals surface area contributed by atoms with Crippen LogP contribution in [-0.4, -0.2) is 17.5 Å². The van der Waals surface area contributed by atoms with Crippen LogP contribution in [0.1, 0.15) is 0 Å². The summed E-state index contributed by atoms with van der Waals surface area (Å²) in [5, 5.41) is 4.71. The van der Waals surface area contributed by atoms with Crippen molar-refractivity contribution in [3.05, 3.63) is 64.8 Å². The Morgan fingerprint density at radius 2 is 1.87 bits per heavy atom. The normalized spacial score (nSPS) is 10.5. The second kappa shape index (κ2) is 6.86. The SMILES string of the molecule is O=C(COc1ccc(Cl)c2cccnc12)Nc1ccc(Cl)cc1. The minimum atomic E-state index is -0.272. The summed E-state index contributed by atoms with van der Waals surface area (Å²) in [5.41, 5.74) is 1.28. The first-order valence-electron chi connectivity index (χ1n) is 6.85. The molecule has 4 nitrogen and oxygen atoms in total. The Balaban J connectivity index is 1.70. The van der Waals surface area contributed by atoms with Gasteiger partial charge in [-0.05, 0) is 48.5 Å². The molecule has 0 saturated heterocycles. The second-order valence-corrected chi connectivity index (χ2v) is 5.63. The van der Waals surface area contributed by atoms with Crippen molar-refractivity contribution in [2.75, 3.05) is 11.9 Å². The van der Waals surface area contributed by atoms with Gasteiger partial charge in [-0.2, -0.15) is 0 Å². The average molecular weight is 347 g/mol. The van der Waals surface area contributed by atoms with E-state index >= 15 is 0 Å². The van der Waals surface area contributed by atoms with Gasteiger partial charge < -0.3 is 10.1 Å². The van der Waals surface area contributed by atoms with Crippen LogP contribution in [0.25, 0.3) is 10.9 Å². The predicted octanol–water partition coefficient (Wildman–Crippen LogP) is 4.56. The number of pyridine rings is 1. The average Bonchev–Trinajstić information content (AvgIpc) is 2.57. The monoisotopic (exact) mass is 346 g/mol. The van der Waals surface area contributed by atoms with Gasteiger partial charge in [0, 0.05) is 22.3 Å². The van der Waals surface area contributed by atoms with E-state index in [0.717, 1.165) is 5.39 Å². The van der Waals surface area contributed by atoms with E-state index in [1.54, 1.807) is 48.7 Å². The Bertz CT molecular complexity index is 851. The number of aromatic nitrogens is 1. The first-order chi connectivity index (χ1) is 11.1. The zero-order valence-electron chi connectivity index (χ0n) is 11.9. The van der Waals surface area contributed by atoms with Crippen molar-refractivity contribution in [2.45, 2.75) is 0 Å². The molecule has 1 heterocycles. The largest absolute Gasteiger partial charge is 0.481 e. The fourth-order valence-electron chi connectivity index (χ4n) is 2.10. The van der Waals surface area contributed by atoms with E-state index in [4.69, 9.17) is 27.9 Å². The Morgan fingerprint density at radius 1 is 1.09 bits per heavy atom. The van der Waals surface area contributed by atoms with Crippen LogP contribution >= 0.6 is 23.2 Å². The molecule has 1 amide bonds. The molecular weight excluding hydrogens is 335 g/mol. The molecule has 0 saturated carbocycles. The molecule has 23 heavy (non-hydrogen) atoms. The molecular formula is C17H12Cl2N2O2. The molecule has 0 spiro atoms. The lowest BCUT2D eigenvalue weighted by molar-refractivity contribution is -0.118. The van der Waals surface area contributed by atoms with E-state index in [0.29, 0.717) is 27.0 Å². The quantitative estimate of drug-likeness (QED) is 0.753. The number of amides is 1. The predicted molar refractivity (Wildman–Crippen MR) is 92.3 cm³/mol. The Morgan fingerprint density at radius 3 is 2.65 bits per heavy atom. The van der Waals surface area contributed by atoms with Gasteiger partial charge in [0.1, 0.15) is 11.3 Å². The van der Waals surface area contributed by atoms with E-state index in [9.17, 15) is 4.79 Å². The molecule has 0 fully saturated rings. The molecule has 3 aromatic rings. The van der Waals surface area contributed by atoms with E-state index in [1.807, 2.05) is 6.07 Å². The fourth-order valence-corrected chi connectivity index (χ4v) is 2.44. The molecule has 1 N–H and O–H groups in total. The lowest BCUT2D eigenvalue weighted by atomic mass is 10.2. The number of rotatable bonds is 4. The molecule has 0 unspecified atom stereocenters. The molecule has 3 rings (SSSR count). The molecule has 0 aliphatic heterocycles. The van der Waals surface area contributed by atoms with E-state index < -0.39 is 0 Å². The smallest absolute Gasteiger partial charge is 0.262 e. The summed E-state index contributed by atoms with van der Waals surface area (Å²) in [6.07, 6.45) is 1.65. The zero-order chi connectivity index (χ0) is 16.2. The molecule has 0 bridgehead atoms. The van der Waals surface area contributed by atoms with Gasteiger partial charge in [0.15, 0.2) is 6.61 Å². The first-order valence-corrected chi connectivity index (χ1v) is 7.60. The van der Waals surface area contributed by atoms with Gasteiger partial charge in [-0.3, -0.25) is 9.78 Å². The van der Waals surface area contributed by atoms with Gasteiger partial charge >= 0.3 is 0 Å². The van der Waals surface area contributed by atoms with Crippen LogP contribution in [-0.2, 0) is 4.79 Å². The van der Waals surface area contributed by atoms with Crippen molar-refractivity contribution in [1.29, 1.82) is 0 Å². The van der Waals surface area contributed by atoms with Gasteiger partial charge in [-0.1, -0.05) is 23.2 Å². The number of carbonyl (C=O) groups excluding carboxylic acids is 1. The number of hydrogen-bond donors (Lipinski definition) is 1. The summed E-state index contributed by atoms with van der Waals surface area (Å²) < 4.78 is 5.57. The van der Waals surface area contributed by atoms with Crippen LogP contribution in [0.2, 0.25) is 10.0 Å². The van der Waals surface area contributed by atoms with Crippen molar-refractivity contribution >= 4 is 45.7 Å². The van der Waals surface area contributed by atoms with Gasteiger partial charge in [-0.15, -0.1) is 0 Å². The van der Waals surface area contributed by atoms with Crippen molar-refractivity contribution in [2.24, 2.45) is 0 Å². The highest BCUT2D eigenvalue weighted by Crippen LogP contribution is 2.29. The molecule has 2 aromatic carbocycles. The van der Waals surface area contributed by atoms with Gasteiger partial charge in [0.2, 0.25) is 0 Å². The molecule has 1 aromatic heterocycles. The topological polar surface area (TPSA) is 51.2 Å².